The van der Waals surface area contributed by atoms with Crippen molar-refractivity contribution in [1.29, 1.82) is 0 Å². The Labute approximate surface area is 181 Å². The molecule has 0 unspecified atom stereocenters. The molecule has 0 aliphatic rings. The Morgan fingerprint density at radius 3 is 2.48 bits per heavy atom. The van der Waals surface area contributed by atoms with Gasteiger partial charge in [-0.05, 0) is 79.2 Å². The number of aryl methyl sites for hydroxylation is 1. The molecule has 31 heavy (non-hydrogen) atoms. The number of nitrogens with one attached hydrogen (secondary N) is 2. The van der Waals surface area contributed by atoms with Crippen LogP contribution in [0.2, 0.25) is 0 Å². The van der Waals surface area contributed by atoms with Gasteiger partial charge in [0.1, 0.15) is 23.1 Å². The predicted octanol–water partition coefficient (Wildman–Crippen LogP) is 3.74. The van der Waals surface area contributed by atoms with E-state index in [1.54, 1.807) is 37.5 Å². The molecule has 0 aliphatic heterocycles. The minimum atomic E-state index is -0.205. The van der Waals surface area contributed by atoms with E-state index >= 15 is 0 Å². The summed E-state index contributed by atoms with van der Waals surface area (Å²) >= 11 is 0. The molecule has 7 heteroatoms. The molecule has 1 heterocycles. The van der Waals surface area contributed by atoms with Crippen molar-refractivity contribution in [1.82, 2.24) is 5.32 Å². The first-order valence-corrected chi connectivity index (χ1v) is 9.72. The number of anilines is 1. The van der Waals surface area contributed by atoms with E-state index < -0.39 is 0 Å². The second-order valence-electron chi connectivity index (χ2n) is 6.87. The topological polar surface area (TPSA) is 116 Å². The molecule has 0 atom stereocenters. The first-order chi connectivity index (χ1) is 14.9. The summed E-state index contributed by atoms with van der Waals surface area (Å²) in [6, 6.07) is 18.2. The molecule has 0 spiro atoms. The van der Waals surface area contributed by atoms with Crippen LogP contribution in [0.25, 0.3) is 5.70 Å². The monoisotopic (exact) mass is 418 g/mol. The van der Waals surface area contributed by atoms with Gasteiger partial charge >= 0.3 is 0 Å². The molecule has 0 radical (unpaired) electrons. The first kappa shape index (κ1) is 21.6. The molecular weight excluding hydrogens is 392 g/mol. The van der Waals surface area contributed by atoms with Crippen molar-refractivity contribution in [2.75, 3.05) is 12.4 Å². The summed E-state index contributed by atoms with van der Waals surface area (Å²) in [6.07, 6.45) is 3.39. The number of methoxy groups -OCH3 is 1. The molecule has 3 aromatic rings. The van der Waals surface area contributed by atoms with E-state index in [-0.39, 0.29) is 5.91 Å². The van der Waals surface area contributed by atoms with Gasteiger partial charge in [0, 0.05) is 16.9 Å². The van der Waals surface area contributed by atoms with Gasteiger partial charge < -0.3 is 31.3 Å². The van der Waals surface area contributed by atoms with Crippen molar-refractivity contribution in [3.8, 4) is 5.75 Å². The van der Waals surface area contributed by atoms with Crippen LogP contribution in [-0.2, 0) is 6.54 Å². The molecule has 1 amide bonds. The molecule has 2 aromatic carbocycles. The predicted molar refractivity (Wildman–Crippen MR) is 122 cm³/mol. The van der Waals surface area contributed by atoms with Gasteiger partial charge in [-0.25, -0.2) is 0 Å². The summed E-state index contributed by atoms with van der Waals surface area (Å²) in [7, 11) is 1.61. The highest BCUT2D eigenvalue weighted by atomic mass is 16.5. The molecule has 160 valence electrons. The van der Waals surface area contributed by atoms with Gasteiger partial charge in [0.2, 0.25) is 0 Å². The zero-order valence-corrected chi connectivity index (χ0v) is 17.5. The fraction of sp³-hybridized carbons (Fsp3) is 0.125. The lowest BCUT2D eigenvalue weighted by atomic mass is 10.1. The van der Waals surface area contributed by atoms with E-state index in [0.29, 0.717) is 35.1 Å². The van der Waals surface area contributed by atoms with E-state index in [1.807, 2.05) is 49.4 Å². The first-order valence-electron chi connectivity index (χ1n) is 9.72. The summed E-state index contributed by atoms with van der Waals surface area (Å²) in [5.74, 6) is 2.45. The van der Waals surface area contributed by atoms with Gasteiger partial charge in [-0.1, -0.05) is 6.07 Å². The van der Waals surface area contributed by atoms with Gasteiger partial charge in [0.15, 0.2) is 0 Å². The van der Waals surface area contributed by atoms with Gasteiger partial charge in [0.05, 0.1) is 13.7 Å². The normalized spacial score (nSPS) is 11.8. The Hall–Kier alpha value is -4.13. The lowest BCUT2D eigenvalue weighted by Gasteiger charge is -2.09. The standard InChI is InChI=1S/C24H26N4O3/c1-16-6-9-21(31-16)15-27-24(29)18-4-3-5-19(14-18)28-23(26)13-12-22(25)17-7-10-20(30-2)11-8-17/h3-14,28H,15,25-26H2,1-2H3,(H,27,29)/b22-12-,23-13+. The molecule has 3 rings (SSSR count). The lowest BCUT2D eigenvalue weighted by molar-refractivity contribution is 0.0948. The number of furan rings is 1. The number of nitrogens with two attached hydrogens (primary N) is 2. The molecule has 0 saturated heterocycles. The minimum absolute atomic E-state index is 0.205. The number of hydrogen-bond donors (Lipinski definition) is 4. The van der Waals surface area contributed by atoms with Gasteiger partial charge in [-0.15, -0.1) is 0 Å². The zero-order chi connectivity index (χ0) is 22.2. The number of carbonyl (C=O) groups excluding carboxylic acids is 1. The molecule has 0 fully saturated rings. The summed E-state index contributed by atoms with van der Waals surface area (Å²) in [6.45, 7) is 2.18. The van der Waals surface area contributed by atoms with Crippen LogP contribution in [0.15, 0.2) is 83.1 Å². The van der Waals surface area contributed by atoms with Gasteiger partial charge in [0.25, 0.3) is 5.91 Å². The molecular formula is C24H26N4O3. The summed E-state index contributed by atoms with van der Waals surface area (Å²) in [5.41, 5.74) is 14.8. The van der Waals surface area contributed by atoms with Crippen molar-refractivity contribution in [3.63, 3.8) is 0 Å². The molecule has 6 N–H and O–H groups in total. The Kier molecular flexibility index (Phi) is 7.01. The zero-order valence-electron chi connectivity index (χ0n) is 17.5. The van der Waals surface area contributed by atoms with E-state index in [4.69, 9.17) is 20.6 Å². The van der Waals surface area contributed by atoms with Crippen molar-refractivity contribution in [2.45, 2.75) is 13.5 Å². The fourth-order valence-corrected chi connectivity index (χ4v) is 2.86. The highest BCUT2D eigenvalue weighted by Crippen LogP contribution is 2.16. The van der Waals surface area contributed by atoms with E-state index in [2.05, 4.69) is 10.6 Å². The fourth-order valence-electron chi connectivity index (χ4n) is 2.86. The molecule has 7 nitrogen and oxygen atoms in total. The number of carbonyl (C=O) groups is 1. The molecule has 1 aromatic heterocycles. The Balaban J connectivity index is 1.61. The van der Waals surface area contributed by atoms with Crippen molar-refractivity contribution < 1.29 is 13.9 Å². The van der Waals surface area contributed by atoms with E-state index in [1.165, 1.54) is 0 Å². The maximum absolute atomic E-state index is 12.4. The molecule has 0 bridgehead atoms. The second-order valence-corrected chi connectivity index (χ2v) is 6.87. The third-order valence-corrected chi connectivity index (χ3v) is 4.50. The number of rotatable bonds is 8. The van der Waals surface area contributed by atoms with Crippen LogP contribution in [0, 0.1) is 6.92 Å². The minimum Gasteiger partial charge on any atom is -0.497 e. The van der Waals surface area contributed by atoms with Crippen molar-refractivity contribution >= 4 is 17.3 Å². The Morgan fingerprint density at radius 1 is 1.03 bits per heavy atom. The quantitative estimate of drug-likeness (QED) is 0.414. The van der Waals surface area contributed by atoms with Crippen LogP contribution < -0.4 is 26.8 Å². The third-order valence-electron chi connectivity index (χ3n) is 4.50. The molecule has 0 saturated carbocycles. The maximum Gasteiger partial charge on any atom is 0.251 e. The highest BCUT2D eigenvalue weighted by molar-refractivity contribution is 5.95. The van der Waals surface area contributed by atoms with Crippen LogP contribution in [0.4, 0.5) is 5.69 Å². The average Bonchev–Trinajstić information content (AvgIpc) is 3.21. The number of hydrogen-bond acceptors (Lipinski definition) is 6. The number of benzene rings is 2. The van der Waals surface area contributed by atoms with Crippen LogP contribution >= 0.6 is 0 Å². The smallest absolute Gasteiger partial charge is 0.251 e. The van der Waals surface area contributed by atoms with Crippen molar-refractivity contribution in [3.05, 3.63) is 101 Å². The van der Waals surface area contributed by atoms with E-state index in [0.717, 1.165) is 17.1 Å². The van der Waals surface area contributed by atoms with Crippen LogP contribution in [-0.4, -0.2) is 13.0 Å². The maximum atomic E-state index is 12.4. The summed E-state index contributed by atoms with van der Waals surface area (Å²) < 4.78 is 10.6. The van der Waals surface area contributed by atoms with Gasteiger partial charge in [-0.2, -0.15) is 0 Å². The summed E-state index contributed by atoms with van der Waals surface area (Å²) in [5, 5.41) is 5.89. The van der Waals surface area contributed by atoms with E-state index in [9.17, 15) is 4.79 Å². The Morgan fingerprint density at radius 2 is 1.81 bits per heavy atom. The average molecular weight is 418 g/mol. The second kappa shape index (κ2) is 10.1. The largest absolute Gasteiger partial charge is 0.497 e. The van der Waals surface area contributed by atoms with Crippen LogP contribution in [0.3, 0.4) is 0 Å². The molecule has 0 aliphatic carbocycles. The SMILES string of the molecule is COc1ccc(/C(N)=C/C=C(\N)Nc2cccc(C(=O)NCc3ccc(C)o3)c2)cc1. The third kappa shape index (κ3) is 6.17. The highest BCUT2D eigenvalue weighted by Gasteiger charge is 2.08. The number of ether oxygens (including phenoxy) is 1. The van der Waals surface area contributed by atoms with Crippen LogP contribution in [0.5, 0.6) is 5.75 Å². The number of allylic oxidation sites excluding steroid dienone is 2. The number of amides is 1. The summed E-state index contributed by atoms with van der Waals surface area (Å²) in [4.78, 5) is 12.4. The van der Waals surface area contributed by atoms with Crippen LogP contribution in [0.1, 0.15) is 27.4 Å². The van der Waals surface area contributed by atoms with Gasteiger partial charge in [-0.3, -0.25) is 4.79 Å². The Bertz CT molecular complexity index is 1100. The van der Waals surface area contributed by atoms with Crippen molar-refractivity contribution in [2.24, 2.45) is 11.5 Å². The lowest BCUT2D eigenvalue weighted by Crippen LogP contribution is -2.22.